The quantitative estimate of drug-likeness (QED) is 0.349. The molecular weight excluding hydrogens is 706 g/mol. The van der Waals surface area contributed by atoms with E-state index in [2.05, 4.69) is 15.4 Å². The van der Waals surface area contributed by atoms with Crippen LogP contribution in [0.15, 0.2) is 36.4 Å². The minimum atomic E-state index is -4.14. The molecule has 0 bridgehead atoms. The van der Waals surface area contributed by atoms with E-state index < -0.39 is 79.9 Å². The lowest BCUT2D eigenvalue weighted by atomic mass is 10.0. The van der Waals surface area contributed by atoms with Crippen LogP contribution in [0.2, 0.25) is 0 Å². The number of hydrogen-bond donors (Lipinski definition) is 3. The van der Waals surface area contributed by atoms with Crippen LogP contribution in [-0.4, -0.2) is 102 Å². The zero-order chi connectivity index (χ0) is 38.2. The Bertz CT molecular complexity index is 1730. The monoisotopic (exact) mass is 757 g/mol. The second-order valence-electron chi connectivity index (χ2n) is 16.0. The summed E-state index contributed by atoms with van der Waals surface area (Å²) in [4.78, 5) is 71.7. The van der Waals surface area contributed by atoms with E-state index in [1.807, 2.05) is 36.4 Å². The molecular formula is C37H51N5O10S. The van der Waals surface area contributed by atoms with E-state index in [4.69, 9.17) is 14.2 Å². The van der Waals surface area contributed by atoms with Gasteiger partial charge in [-0.1, -0.05) is 49.3 Å². The average molecular weight is 758 g/mol. The molecule has 0 radical (unpaired) electrons. The number of allylic oxidation sites excluding steroid dienone is 1. The van der Waals surface area contributed by atoms with Crippen molar-refractivity contribution in [3.8, 4) is 0 Å². The number of carbonyl (C=O) groups excluding carboxylic acids is 5. The van der Waals surface area contributed by atoms with Gasteiger partial charge in [0.2, 0.25) is 21.8 Å². The molecule has 0 aromatic heterocycles. The maximum absolute atomic E-state index is 14.4. The SMILES string of the molecule is COCC1(S(=O)(=O)NC(=O)[C@]23C[C@@H]2/C=C\CCCCC[C@H](NC(=O)OC(C)(C)C)C(=O)N2C[C@H](OC(=O)N4Cc5ccccc5C4)C[C@H]2C(=O)N3)CC1. The van der Waals surface area contributed by atoms with Crippen molar-refractivity contribution in [2.75, 3.05) is 20.3 Å². The van der Waals surface area contributed by atoms with Crippen LogP contribution in [0.5, 0.6) is 0 Å². The van der Waals surface area contributed by atoms with Crippen LogP contribution in [0, 0.1) is 5.92 Å². The Labute approximate surface area is 310 Å². The van der Waals surface area contributed by atoms with Gasteiger partial charge in [0.1, 0.15) is 34.1 Å². The number of carbonyl (C=O) groups is 5. The van der Waals surface area contributed by atoms with E-state index in [1.54, 1.807) is 25.7 Å². The van der Waals surface area contributed by atoms with E-state index in [-0.39, 0.29) is 32.4 Å². The van der Waals surface area contributed by atoms with Gasteiger partial charge in [0.05, 0.1) is 13.2 Å². The predicted octanol–water partition coefficient (Wildman–Crippen LogP) is 3.02. The molecule has 0 spiro atoms. The third kappa shape index (κ3) is 8.48. The summed E-state index contributed by atoms with van der Waals surface area (Å²) < 4.78 is 44.3. The van der Waals surface area contributed by atoms with Crippen LogP contribution in [0.3, 0.4) is 0 Å². The fraction of sp³-hybridized carbons (Fsp3) is 0.649. The second kappa shape index (κ2) is 14.9. The third-order valence-electron chi connectivity index (χ3n) is 10.7. The molecule has 5 atom stereocenters. The van der Waals surface area contributed by atoms with Gasteiger partial charge >= 0.3 is 12.2 Å². The van der Waals surface area contributed by atoms with Crippen molar-refractivity contribution in [3.63, 3.8) is 0 Å². The highest BCUT2D eigenvalue weighted by Gasteiger charge is 2.64. The first-order valence-corrected chi connectivity index (χ1v) is 19.9. The molecule has 53 heavy (non-hydrogen) atoms. The zero-order valence-electron chi connectivity index (χ0n) is 30.9. The Morgan fingerprint density at radius 2 is 1.74 bits per heavy atom. The Morgan fingerprint density at radius 1 is 1.04 bits per heavy atom. The summed E-state index contributed by atoms with van der Waals surface area (Å²) >= 11 is 0. The van der Waals surface area contributed by atoms with Gasteiger partial charge in [-0.05, 0) is 70.4 Å². The van der Waals surface area contributed by atoms with Gasteiger partial charge in [0.15, 0.2) is 0 Å². The van der Waals surface area contributed by atoms with Gasteiger partial charge in [-0.2, -0.15) is 0 Å². The van der Waals surface area contributed by atoms with E-state index in [0.717, 1.165) is 24.0 Å². The van der Waals surface area contributed by atoms with Crippen LogP contribution in [0.25, 0.3) is 0 Å². The van der Waals surface area contributed by atoms with Crippen molar-refractivity contribution in [1.82, 2.24) is 25.2 Å². The predicted molar refractivity (Wildman–Crippen MR) is 191 cm³/mol. The van der Waals surface area contributed by atoms with Crippen molar-refractivity contribution < 1.29 is 46.6 Å². The Balaban J connectivity index is 1.25. The number of benzene rings is 1. The van der Waals surface area contributed by atoms with Crippen LogP contribution in [0.1, 0.15) is 89.7 Å². The van der Waals surface area contributed by atoms with Crippen molar-refractivity contribution in [2.45, 2.75) is 126 Å². The van der Waals surface area contributed by atoms with Crippen LogP contribution >= 0.6 is 0 Å². The molecule has 1 aromatic carbocycles. The summed E-state index contributed by atoms with van der Waals surface area (Å²) in [5, 5.41) is 5.53. The van der Waals surface area contributed by atoms with Crippen molar-refractivity contribution in [3.05, 3.63) is 47.5 Å². The molecule has 2 saturated carbocycles. The van der Waals surface area contributed by atoms with Crippen molar-refractivity contribution in [1.29, 1.82) is 0 Å². The van der Waals surface area contributed by atoms with E-state index in [9.17, 15) is 32.4 Å². The highest BCUT2D eigenvalue weighted by molar-refractivity contribution is 7.91. The molecule has 15 nitrogen and oxygen atoms in total. The first kappa shape index (κ1) is 38.5. The fourth-order valence-corrected chi connectivity index (χ4v) is 9.06. The minimum absolute atomic E-state index is 0.0699. The normalized spacial score (nSPS) is 28.9. The maximum Gasteiger partial charge on any atom is 0.410 e. The number of nitrogens with one attached hydrogen (secondary N) is 3. The first-order valence-electron chi connectivity index (χ1n) is 18.4. The molecule has 6 rings (SSSR count). The van der Waals surface area contributed by atoms with Gasteiger partial charge < -0.3 is 29.7 Å². The van der Waals surface area contributed by atoms with Crippen molar-refractivity contribution in [2.24, 2.45) is 5.92 Å². The molecule has 5 aliphatic rings. The van der Waals surface area contributed by atoms with Gasteiger partial charge in [0.25, 0.3) is 5.91 Å². The highest BCUT2D eigenvalue weighted by atomic mass is 32.2. The molecule has 3 heterocycles. The Hall–Kier alpha value is -4.18. The minimum Gasteiger partial charge on any atom is -0.444 e. The lowest BCUT2D eigenvalue weighted by Crippen LogP contribution is -2.59. The van der Waals surface area contributed by atoms with Crippen LogP contribution < -0.4 is 15.4 Å². The summed E-state index contributed by atoms with van der Waals surface area (Å²) in [6.07, 6.45) is 5.30. The van der Waals surface area contributed by atoms with Crippen molar-refractivity contribution >= 4 is 39.9 Å². The fourth-order valence-electron chi connectivity index (χ4n) is 7.51. The number of ether oxygens (including phenoxy) is 3. The average Bonchev–Trinajstić information content (AvgIpc) is 3.91. The molecule has 16 heteroatoms. The molecule has 2 aliphatic carbocycles. The van der Waals surface area contributed by atoms with E-state index >= 15 is 0 Å². The molecule has 3 fully saturated rings. The number of alkyl carbamates (subject to hydrolysis) is 1. The van der Waals surface area contributed by atoms with Crippen LogP contribution in [0.4, 0.5) is 9.59 Å². The number of rotatable bonds is 7. The number of sulfonamides is 1. The van der Waals surface area contributed by atoms with Gasteiger partial charge in [0, 0.05) is 32.5 Å². The van der Waals surface area contributed by atoms with Gasteiger partial charge in [-0.3, -0.25) is 24.0 Å². The molecule has 0 unspecified atom stereocenters. The summed E-state index contributed by atoms with van der Waals surface area (Å²) in [6, 6.07) is 5.43. The molecule has 3 N–H and O–H groups in total. The van der Waals surface area contributed by atoms with Crippen LogP contribution in [-0.2, 0) is 51.7 Å². The van der Waals surface area contributed by atoms with E-state index in [0.29, 0.717) is 38.8 Å². The number of fused-ring (bicyclic) bond motifs is 3. The Kier molecular flexibility index (Phi) is 10.9. The van der Waals surface area contributed by atoms with E-state index in [1.165, 1.54) is 12.0 Å². The largest absolute Gasteiger partial charge is 0.444 e. The smallest absolute Gasteiger partial charge is 0.410 e. The van der Waals surface area contributed by atoms with Gasteiger partial charge in [-0.15, -0.1) is 0 Å². The number of hydrogen-bond acceptors (Lipinski definition) is 10. The maximum atomic E-state index is 14.4. The summed E-state index contributed by atoms with van der Waals surface area (Å²) in [5.41, 5.74) is -0.399. The zero-order valence-corrected chi connectivity index (χ0v) is 31.7. The molecule has 5 amide bonds. The summed E-state index contributed by atoms with van der Waals surface area (Å²) in [5.74, 6) is -2.59. The Morgan fingerprint density at radius 3 is 2.38 bits per heavy atom. The molecule has 290 valence electrons. The number of nitrogens with zero attached hydrogens (tertiary/aromatic N) is 2. The lowest BCUT2D eigenvalue weighted by molar-refractivity contribution is -0.141. The molecule has 1 saturated heterocycles. The summed E-state index contributed by atoms with van der Waals surface area (Å²) in [7, 11) is -2.74. The standard InChI is InChI=1S/C37H51N5O10S/c1-35(2,3)52-33(46)38-28-15-9-7-5-6-8-14-26-19-37(26,32(45)40-53(48,49)36(16-17-36)23-50-4)39-30(43)29-18-27(22-42(29)31(28)44)51-34(47)41-20-24-12-10-11-13-25(24)21-41/h8,10-14,26-29H,5-7,9,15-23H2,1-4H3,(H,38,46)(H,39,43)(H,40,45)/b14-8-/t26-,27+,28-,29-,37-/m0/s1. The molecule has 1 aromatic rings. The first-order chi connectivity index (χ1) is 25.1. The second-order valence-corrected chi connectivity index (χ2v) is 18.0. The number of methoxy groups -OCH3 is 1. The highest BCUT2D eigenvalue weighted by Crippen LogP contribution is 2.48. The number of amides is 5. The lowest BCUT2D eigenvalue weighted by Gasteiger charge is -2.30. The third-order valence-corrected chi connectivity index (χ3v) is 12.8. The summed E-state index contributed by atoms with van der Waals surface area (Å²) in [6.45, 7) is 5.64. The topological polar surface area (TPSA) is 190 Å². The van der Waals surface area contributed by atoms with Gasteiger partial charge in [-0.25, -0.2) is 18.0 Å². The molecule has 3 aliphatic heterocycles.